The van der Waals surface area contributed by atoms with Gasteiger partial charge in [0.2, 0.25) is 5.91 Å². The maximum atomic E-state index is 12.1. The van der Waals surface area contributed by atoms with Gasteiger partial charge >= 0.3 is 5.97 Å². The van der Waals surface area contributed by atoms with Gasteiger partial charge in [-0.1, -0.05) is 36.8 Å². The van der Waals surface area contributed by atoms with Crippen molar-refractivity contribution in [1.29, 1.82) is 0 Å². The maximum absolute atomic E-state index is 12.1. The fourth-order valence-corrected chi connectivity index (χ4v) is 2.77. The van der Waals surface area contributed by atoms with Crippen molar-refractivity contribution in [2.45, 2.75) is 38.1 Å². The lowest BCUT2D eigenvalue weighted by Crippen LogP contribution is -2.47. The Labute approximate surface area is 124 Å². The molecule has 0 saturated heterocycles. The third kappa shape index (κ3) is 4.04. The zero-order valence-corrected chi connectivity index (χ0v) is 12.0. The Morgan fingerprint density at radius 1 is 1.29 bits per heavy atom. The van der Waals surface area contributed by atoms with Gasteiger partial charge in [-0.15, -0.1) is 0 Å². The molecule has 0 spiro atoms. The van der Waals surface area contributed by atoms with Crippen LogP contribution in [0.25, 0.3) is 0 Å². The Kier molecular flexibility index (Phi) is 4.96. The quantitative estimate of drug-likeness (QED) is 0.706. The fourth-order valence-electron chi connectivity index (χ4n) is 2.77. The average molecular weight is 290 g/mol. The number of benzene rings is 1. The smallest absolute Gasteiger partial charge is 0.326 e. The molecule has 0 aliphatic heterocycles. The molecule has 21 heavy (non-hydrogen) atoms. The fraction of sp³-hybridized carbons (Fsp3) is 0.500. The topological polar surface area (TPSA) is 92.4 Å². The van der Waals surface area contributed by atoms with E-state index < -0.39 is 12.0 Å². The number of hydrogen-bond donors (Lipinski definition) is 3. The molecule has 5 heteroatoms. The standard InChI is InChI=1S/C16H22N2O3/c17-11-16(7-4-8-16)10-14(19)18-13(15(20)21)9-12-5-2-1-3-6-12/h1-3,5-6,13H,4,7-11,17H2,(H,18,19)(H,20,21)/t13-/m1/s1. The lowest BCUT2D eigenvalue weighted by molar-refractivity contribution is -0.142. The first-order valence-corrected chi connectivity index (χ1v) is 7.31. The van der Waals surface area contributed by atoms with Crippen LogP contribution >= 0.6 is 0 Å². The van der Waals surface area contributed by atoms with E-state index in [2.05, 4.69) is 5.32 Å². The first kappa shape index (κ1) is 15.5. The van der Waals surface area contributed by atoms with Crippen molar-refractivity contribution in [1.82, 2.24) is 5.32 Å². The van der Waals surface area contributed by atoms with E-state index in [0.29, 0.717) is 13.0 Å². The number of amides is 1. The lowest BCUT2D eigenvalue weighted by atomic mass is 9.66. The summed E-state index contributed by atoms with van der Waals surface area (Å²) in [6, 6.07) is 8.40. The van der Waals surface area contributed by atoms with Crippen molar-refractivity contribution in [3.8, 4) is 0 Å². The van der Waals surface area contributed by atoms with Crippen LogP contribution in [0.4, 0.5) is 0 Å². The summed E-state index contributed by atoms with van der Waals surface area (Å²) >= 11 is 0. The van der Waals surface area contributed by atoms with E-state index in [4.69, 9.17) is 5.73 Å². The van der Waals surface area contributed by atoms with Gasteiger partial charge in [-0.2, -0.15) is 0 Å². The van der Waals surface area contributed by atoms with Crippen LogP contribution in [-0.2, 0) is 16.0 Å². The van der Waals surface area contributed by atoms with E-state index in [9.17, 15) is 14.7 Å². The van der Waals surface area contributed by atoms with Gasteiger partial charge in [-0.25, -0.2) is 4.79 Å². The minimum Gasteiger partial charge on any atom is -0.480 e. The molecule has 1 fully saturated rings. The summed E-state index contributed by atoms with van der Waals surface area (Å²) in [7, 11) is 0. The molecule has 0 bridgehead atoms. The highest BCUT2D eigenvalue weighted by atomic mass is 16.4. The van der Waals surface area contributed by atoms with Crippen LogP contribution in [-0.4, -0.2) is 29.6 Å². The van der Waals surface area contributed by atoms with Gasteiger partial charge in [-0.3, -0.25) is 4.79 Å². The Balaban J connectivity index is 1.93. The molecule has 0 aromatic heterocycles. The van der Waals surface area contributed by atoms with Crippen molar-refractivity contribution in [3.63, 3.8) is 0 Å². The van der Waals surface area contributed by atoms with E-state index in [0.717, 1.165) is 24.8 Å². The molecule has 1 aliphatic carbocycles. The summed E-state index contributed by atoms with van der Waals surface area (Å²) in [5, 5.41) is 11.9. The second kappa shape index (κ2) is 6.72. The minimum absolute atomic E-state index is 0.111. The van der Waals surface area contributed by atoms with E-state index in [1.807, 2.05) is 30.3 Å². The molecule has 1 aromatic carbocycles. The molecule has 1 aliphatic rings. The van der Waals surface area contributed by atoms with Crippen LogP contribution in [0.5, 0.6) is 0 Å². The summed E-state index contributed by atoms with van der Waals surface area (Å²) in [5.74, 6) is -1.23. The lowest BCUT2D eigenvalue weighted by Gasteiger charge is -2.40. The number of aliphatic carboxylic acids is 1. The molecule has 114 valence electrons. The molecule has 4 N–H and O–H groups in total. The Morgan fingerprint density at radius 3 is 2.43 bits per heavy atom. The Bertz CT molecular complexity index is 492. The SMILES string of the molecule is NCC1(CC(=O)N[C@H](Cc2ccccc2)C(=O)O)CCC1. The van der Waals surface area contributed by atoms with Crippen molar-refractivity contribution in [2.75, 3.05) is 6.54 Å². The number of carboxylic acid groups (broad SMARTS) is 1. The normalized spacial score (nSPS) is 17.6. The van der Waals surface area contributed by atoms with Crippen molar-refractivity contribution in [2.24, 2.45) is 11.1 Å². The van der Waals surface area contributed by atoms with Crippen LogP contribution in [0.15, 0.2) is 30.3 Å². The molecular weight excluding hydrogens is 268 g/mol. The second-order valence-electron chi connectivity index (χ2n) is 5.88. The van der Waals surface area contributed by atoms with Crippen molar-refractivity contribution < 1.29 is 14.7 Å². The van der Waals surface area contributed by atoms with Gasteiger partial charge in [0.15, 0.2) is 0 Å². The maximum Gasteiger partial charge on any atom is 0.326 e. The average Bonchev–Trinajstić information content (AvgIpc) is 2.43. The Morgan fingerprint density at radius 2 is 1.95 bits per heavy atom. The number of carbonyl (C=O) groups excluding carboxylic acids is 1. The van der Waals surface area contributed by atoms with Gasteiger partial charge in [0, 0.05) is 12.8 Å². The molecule has 0 unspecified atom stereocenters. The Hall–Kier alpha value is -1.88. The van der Waals surface area contributed by atoms with Crippen LogP contribution in [0, 0.1) is 5.41 Å². The van der Waals surface area contributed by atoms with Crippen LogP contribution in [0.3, 0.4) is 0 Å². The number of carbonyl (C=O) groups is 2. The second-order valence-corrected chi connectivity index (χ2v) is 5.88. The molecule has 5 nitrogen and oxygen atoms in total. The predicted octanol–water partition coefficient (Wildman–Crippen LogP) is 1.32. The summed E-state index contributed by atoms with van der Waals surface area (Å²) in [4.78, 5) is 23.4. The van der Waals surface area contributed by atoms with Crippen molar-refractivity contribution in [3.05, 3.63) is 35.9 Å². The summed E-state index contributed by atoms with van der Waals surface area (Å²) in [6.45, 7) is 0.483. The number of hydrogen-bond acceptors (Lipinski definition) is 3. The molecule has 1 aromatic rings. The molecule has 0 radical (unpaired) electrons. The largest absolute Gasteiger partial charge is 0.480 e. The molecule has 1 atom stereocenters. The van der Waals surface area contributed by atoms with Crippen LogP contribution in [0.2, 0.25) is 0 Å². The zero-order chi connectivity index (χ0) is 15.3. The molecule has 2 rings (SSSR count). The van der Waals surface area contributed by atoms with Gasteiger partial charge in [-0.05, 0) is 30.4 Å². The van der Waals surface area contributed by atoms with Gasteiger partial charge in [0.05, 0.1) is 0 Å². The third-order valence-electron chi connectivity index (χ3n) is 4.30. The highest BCUT2D eigenvalue weighted by molar-refractivity contribution is 5.84. The van der Waals surface area contributed by atoms with E-state index in [1.165, 1.54) is 0 Å². The number of carboxylic acids is 1. The summed E-state index contributed by atoms with van der Waals surface area (Å²) in [5.41, 5.74) is 6.51. The summed E-state index contributed by atoms with van der Waals surface area (Å²) < 4.78 is 0. The van der Waals surface area contributed by atoms with Gasteiger partial charge < -0.3 is 16.2 Å². The number of rotatable bonds is 7. The number of nitrogens with one attached hydrogen (secondary N) is 1. The molecule has 1 saturated carbocycles. The minimum atomic E-state index is -1.01. The third-order valence-corrected chi connectivity index (χ3v) is 4.30. The molecule has 0 heterocycles. The van der Waals surface area contributed by atoms with Crippen molar-refractivity contribution >= 4 is 11.9 Å². The first-order chi connectivity index (χ1) is 10.0. The first-order valence-electron chi connectivity index (χ1n) is 7.31. The van der Waals surface area contributed by atoms with E-state index in [1.54, 1.807) is 0 Å². The predicted molar refractivity (Wildman–Crippen MR) is 79.7 cm³/mol. The van der Waals surface area contributed by atoms with E-state index >= 15 is 0 Å². The van der Waals surface area contributed by atoms with Crippen LogP contribution in [0.1, 0.15) is 31.2 Å². The zero-order valence-electron chi connectivity index (χ0n) is 12.0. The van der Waals surface area contributed by atoms with Gasteiger partial charge in [0.25, 0.3) is 0 Å². The number of nitrogens with two attached hydrogens (primary N) is 1. The monoisotopic (exact) mass is 290 g/mol. The molecule has 1 amide bonds. The van der Waals surface area contributed by atoms with Gasteiger partial charge in [0.1, 0.15) is 6.04 Å². The highest BCUT2D eigenvalue weighted by Gasteiger charge is 2.38. The summed E-state index contributed by atoms with van der Waals surface area (Å²) in [6.07, 6.45) is 3.61. The van der Waals surface area contributed by atoms with Crippen LogP contribution < -0.4 is 11.1 Å². The molecular formula is C16H22N2O3. The van der Waals surface area contributed by atoms with E-state index in [-0.39, 0.29) is 17.7 Å². The highest BCUT2D eigenvalue weighted by Crippen LogP contribution is 2.42.